The van der Waals surface area contributed by atoms with Gasteiger partial charge in [-0.15, -0.1) is 0 Å². The number of rotatable bonds is 1. The predicted octanol–water partition coefficient (Wildman–Crippen LogP) is 3.09. The molecule has 23 heavy (non-hydrogen) atoms. The Labute approximate surface area is 142 Å². The van der Waals surface area contributed by atoms with Crippen LogP contribution in [-0.2, 0) is 4.79 Å². The van der Waals surface area contributed by atoms with Gasteiger partial charge in [0.2, 0.25) is 5.95 Å². The zero-order valence-corrected chi connectivity index (χ0v) is 14.5. The van der Waals surface area contributed by atoms with Crippen molar-refractivity contribution in [1.29, 1.82) is 0 Å². The van der Waals surface area contributed by atoms with Crippen molar-refractivity contribution in [3.63, 3.8) is 0 Å². The summed E-state index contributed by atoms with van der Waals surface area (Å²) in [5.41, 5.74) is 2.68. The molecule has 6 nitrogen and oxygen atoms in total. The van der Waals surface area contributed by atoms with E-state index in [0.29, 0.717) is 12.4 Å². The van der Waals surface area contributed by atoms with Crippen molar-refractivity contribution in [2.45, 2.75) is 32.7 Å². The van der Waals surface area contributed by atoms with E-state index in [4.69, 9.17) is 0 Å². The van der Waals surface area contributed by atoms with E-state index in [1.54, 1.807) is 4.68 Å². The van der Waals surface area contributed by atoms with Gasteiger partial charge in [0.15, 0.2) is 5.78 Å². The Kier molecular flexibility index (Phi) is 3.16. The Balaban J connectivity index is 1.89. The monoisotopic (exact) mass is 373 g/mol. The summed E-state index contributed by atoms with van der Waals surface area (Å²) in [5, 5.41) is 15.2. The first-order valence-corrected chi connectivity index (χ1v) is 8.30. The topological polar surface area (TPSA) is 72.7 Å². The van der Waals surface area contributed by atoms with Crippen molar-refractivity contribution in [2.24, 2.45) is 5.41 Å². The lowest BCUT2D eigenvalue weighted by Crippen LogP contribution is -2.36. The third-order valence-corrected chi connectivity index (χ3v) is 4.91. The highest BCUT2D eigenvalue weighted by atomic mass is 79.9. The summed E-state index contributed by atoms with van der Waals surface area (Å²) >= 11 is 3.45. The second-order valence-electron chi connectivity index (χ2n) is 6.86. The third-order valence-electron chi connectivity index (χ3n) is 4.38. The minimum Gasteiger partial charge on any atom is -0.326 e. The second kappa shape index (κ2) is 4.99. The zero-order valence-electron chi connectivity index (χ0n) is 12.9. The standard InChI is InChI=1S/C16H16BrN5O/c1-16(2)7-11-13(12(23)8-16)14(9-3-5-10(17)6-4-9)22-15(18-11)19-20-21-22/h3-6,14H,7-8H2,1-2H3,(H,18,19,21)/t14-/m1/s1. The van der Waals surface area contributed by atoms with Crippen molar-refractivity contribution in [1.82, 2.24) is 20.2 Å². The van der Waals surface area contributed by atoms with Gasteiger partial charge in [0.05, 0.1) is 0 Å². The molecule has 0 unspecified atom stereocenters. The van der Waals surface area contributed by atoms with Gasteiger partial charge in [-0.1, -0.05) is 47.0 Å². The van der Waals surface area contributed by atoms with Crippen LogP contribution in [0.15, 0.2) is 40.0 Å². The molecule has 0 saturated heterocycles. The van der Waals surface area contributed by atoms with E-state index in [2.05, 4.69) is 50.6 Å². The molecule has 0 bridgehead atoms. The Morgan fingerprint density at radius 2 is 2.00 bits per heavy atom. The fourth-order valence-electron chi connectivity index (χ4n) is 3.42. The van der Waals surface area contributed by atoms with Crippen LogP contribution in [0.25, 0.3) is 0 Å². The van der Waals surface area contributed by atoms with Crippen LogP contribution in [-0.4, -0.2) is 26.0 Å². The zero-order chi connectivity index (χ0) is 16.2. The van der Waals surface area contributed by atoms with Gasteiger partial charge in [0.25, 0.3) is 0 Å². The molecule has 0 fully saturated rings. The molecule has 1 N–H and O–H groups in total. The number of benzene rings is 1. The lowest BCUT2D eigenvalue weighted by atomic mass is 9.73. The van der Waals surface area contributed by atoms with Gasteiger partial charge >= 0.3 is 0 Å². The second-order valence-corrected chi connectivity index (χ2v) is 7.77. The van der Waals surface area contributed by atoms with Crippen LogP contribution in [0.4, 0.5) is 5.95 Å². The van der Waals surface area contributed by atoms with E-state index >= 15 is 0 Å². The summed E-state index contributed by atoms with van der Waals surface area (Å²) in [6.07, 6.45) is 1.35. The maximum atomic E-state index is 12.8. The van der Waals surface area contributed by atoms with Gasteiger partial charge in [0, 0.05) is 22.2 Å². The molecule has 0 amide bonds. The minimum absolute atomic E-state index is 0.0528. The van der Waals surface area contributed by atoms with Gasteiger partial charge in [-0.3, -0.25) is 4.79 Å². The number of aromatic nitrogens is 4. The molecule has 2 heterocycles. The number of fused-ring (bicyclic) bond motifs is 1. The number of hydrogen-bond acceptors (Lipinski definition) is 5. The van der Waals surface area contributed by atoms with Crippen LogP contribution in [0.1, 0.15) is 38.3 Å². The molecule has 0 spiro atoms. The van der Waals surface area contributed by atoms with Gasteiger partial charge < -0.3 is 5.32 Å². The maximum absolute atomic E-state index is 12.8. The van der Waals surface area contributed by atoms with Crippen LogP contribution in [0.3, 0.4) is 0 Å². The van der Waals surface area contributed by atoms with Crippen molar-refractivity contribution in [3.8, 4) is 0 Å². The number of ketones is 1. The first kappa shape index (κ1) is 14.6. The van der Waals surface area contributed by atoms with Crippen molar-refractivity contribution >= 4 is 27.7 Å². The molecule has 1 aromatic carbocycles. The number of Topliss-reactive ketones (excluding diaryl/α,β-unsaturated/α-hetero) is 1. The fraction of sp³-hybridized carbons (Fsp3) is 0.375. The molecule has 0 saturated carbocycles. The molecular formula is C16H16BrN5O. The smallest absolute Gasteiger partial charge is 0.248 e. The number of allylic oxidation sites excluding steroid dienone is 2. The number of tetrazole rings is 1. The molecule has 2 aliphatic rings. The molecule has 7 heteroatoms. The normalized spacial score (nSPS) is 22.4. The Hall–Kier alpha value is -2.02. The quantitative estimate of drug-likeness (QED) is 0.831. The summed E-state index contributed by atoms with van der Waals surface area (Å²) in [6, 6.07) is 7.68. The number of carbonyl (C=O) groups excluding carboxylic acids is 1. The molecule has 118 valence electrons. The first-order valence-electron chi connectivity index (χ1n) is 7.51. The predicted molar refractivity (Wildman–Crippen MR) is 88.8 cm³/mol. The molecular weight excluding hydrogens is 358 g/mol. The number of nitrogens with zero attached hydrogens (tertiary/aromatic N) is 4. The SMILES string of the molecule is CC1(C)CC(=O)C2=C(C1)Nc1nnnn1[C@@H]2c1ccc(Br)cc1. The average Bonchev–Trinajstić information content (AvgIpc) is 2.92. The Morgan fingerprint density at radius 3 is 2.74 bits per heavy atom. The van der Waals surface area contributed by atoms with Crippen molar-refractivity contribution < 1.29 is 4.79 Å². The minimum atomic E-state index is -0.270. The fourth-order valence-corrected chi connectivity index (χ4v) is 3.69. The van der Waals surface area contributed by atoms with Crippen molar-refractivity contribution in [2.75, 3.05) is 5.32 Å². The van der Waals surface area contributed by atoms with Gasteiger partial charge in [0.1, 0.15) is 6.04 Å². The number of carbonyl (C=O) groups is 1. The number of nitrogens with one attached hydrogen (secondary N) is 1. The highest BCUT2D eigenvalue weighted by Gasteiger charge is 2.41. The molecule has 1 atom stereocenters. The Bertz CT molecular complexity index is 821. The Morgan fingerprint density at radius 1 is 1.26 bits per heavy atom. The summed E-state index contributed by atoms with van der Waals surface area (Å²) in [5.74, 6) is 0.750. The summed E-state index contributed by atoms with van der Waals surface area (Å²) in [7, 11) is 0. The first-order chi connectivity index (χ1) is 10.9. The highest BCUT2D eigenvalue weighted by Crippen LogP contribution is 2.44. The van der Waals surface area contributed by atoms with Gasteiger partial charge in [-0.2, -0.15) is 4.68 Å². The molecule has 1 aliphatic heterocycles. The number of halogens is 1. The molecule has 1 aromatic heterocycles. The van der Waals surface area contributed by atoms with Gasteiger partial charge in [-0.25, -0.2) is 0 Å². The summed E-state index contributed by atoms with van der Waals surface area (Å²) in [6.45, 7) is 4.23. The lowest BCUT2D eigenvalue weighted by Gasteiger charge is -2.37. The van der Waals surface area contributed by atoms with Crippen LogP contribution in [0.2, 0.25) is 0 Å². The van der Waals surface area contributed by atoms with Crippen LogP contribution in [0, 0.1) is 5.41 Å². The summed E-state index contributed by atoms with van der Waals surface area (Å²) < 4.78 is 2.69. The van der Waals surface area contributed by atoms with E-state index in [1.165, 1.54) is 0 Å². The van der Waals surface area contributed by atoms with Crippen LogP contribution < -0.4 is 5.32 Å². The van der Waals surface area contributed by atoms with Crippen LogP contribution in [0.5, 0.6) is 0 Å². The number of anilines is 1. The average molecular weight is 374 g/mol. The van der Waals surface area contributed by atoms with E-state index < -0.39 is 0 Å². The lowest BCUT2D eigenvalue weighted by molar-refractivity contribution is -0.118. The van der Waals surface area contributed by atoms with E-state index in [-0.39, 0.29) is 17.2 Å². The van der Waals surface area contributed by atoms with Crippen LogP contribution >= 0.6 is 15.9 Å². The van der Waals surface area contributed by atoms with E-state index in [9.17, 15) is 4.79 Å². The highest BCUT2D eigenvalue weighted by molar-refractivity contribution is 9.10. The molecule has 2 aromatic rings. The molecule has 4 rings (SSSR count). The molecule has 0 radical (unpaired) electrons. The maximum Gasteiger partial charge on any atom is 0.248 e. The van der Waals surface area contributed by atoms with E-state index in [1.807, 2.05) is 24.3 Å². The third kappa shape index (κ3) is 2.39. The number of hydrogen-bond donors (Lipinski definition) is 1. The molecule has 1 aliphatic carbocycles. The summed E-state index contributed by atoms with van der Waals surface area (Å²) in [4.78, 5) is 12.8. The largest absolute Gasteiger partial charge is 0.326 e. The van der Waals surface area contributed by atoms with Crippen molar-refractivity contribution in [3.05, 3.63) is 45.6 Å². The van der Waals surface area contributed by atoms with E-state index in [0.717, 1.165) is 27.7 Å². The van der Waals surface area contributed by atoms with Gasteiger partial charge in [-0.05, 0) is 40.0 Å².